The fourth-order valence-corrected chi connectivity index (χ4v) is 12.4. The zero-order chi connectivity index (χ0) is 31.0. The van der Waals surface area contributed by atoms with Crippen LogP contribution in [0.25, 0.3) is 0 Å². The summed E-state index contributed by atoms with van der Waals surface area (Å²) in [7, 11) is -0.672. The van der Waals surface area contributed by atoms with E-state index in [9.17, 15) is 4.79 Å². The van der Waals surface area contributed by atoms with E-state index in [1.807, 2.05) is 0 Å². The molecule has 4 aliphatic rings. The first kappa shape index (κ1) is 31.4. The lowest BCUT2D eigenvalue weighted by molar-refractivity contribution is -0.204. The van der Waals surface area contributed by atoms with E-state index in [1.165, 1.54) is 46.8 Å². The molecule has 0 spiro atoms. The minimum atomic E-state index is -0.672. The summed E-state index contributed by atoms with van der Waals surface area (Å²) in [4.78, 5) is 17.1. The zero-order valence-electron chi connectivity index (χ0n) is 25.3. The third-order valence-corrected chi connectivity index (χ3v) is 13.9. The molecule has 4 saturated carbocycles. The maximum atomic E-state index is 13.2. The monoisotopic (exact) mass is 844 g/mol. The number of thiol groups is 1. The van der Waals surface area contributed by atoms with Crippen LogP contribution in [0.15, 0.2) is 112 Å². The summed E-state index contributed by atoms with van der Waals surface area (Å²) in [5.74, 6) is 3.86. The molecule has 4 bridgehead atoms. The largest absolute Gasteiger partial charge is 0.489 e. The van der Waals surface area contributed by atoms with Gasteiger partial charge in [0, 0.05) is 9.13 Å². The number of ether oxygens (including phenoxy) is 3. The van der Waals surface area contributed by atoms with Crippen LogP contribution in [0.5, 0.6) is 11.5 Å². The van der Waals surface area contributed by atoms with Crippen LogP contribution >= 0.6 is 56.1 Å². The second-order valence-corrected chi connectivity index (χ2v) is 17.5. The molecule has 4 fully saturated rings. The van der Waals surface area contributed by atoms with Gasteiger partial charge in [-0.3, -0.25) is 0 Å². The number of carbonyl (C=O) groups excluding carboxylic acids is 1. The van der Waals surface area contributed by atoms with Gasteiger partial charge in [0.25, 0.3) is 0 Å². The molecule has 4 aromatic carbocycles. The fourth-order valence-electron chi connectivity index (χ4n) is 8.03. The Kier molecular flexibility index (Phi) is 9.39. The van der Waals surface area contributed by atoms with Crippen molar-refractivity contribution in [3.05, 3.63) is 110 Å². The predicted molar refractivity (Wildman–Crippen MR) is 196 cm³/mol. The minimum Gasteiger partial charge on any atom is -0.489 e. The molecule has 45 heavy (non-hydrogen) atoms. The first-order chi connectivity index (χ1) is 21.9. The van der Waals surface area contributed by atoms with Crippen LogP contribution in [0.2, 0.25) is 0 Å². The predicted octanol–water partition coefficient (Wildman–Crippen LogP) is 10.1. The highest BCUT2D eigenvalue weighted by molar-refractivity contribution is 14.1. The molecular weight excluding hydrogens is 806 g/mol. The Labute approximate surface area is 296 Å². The van der Waals surface area contributed by atoms with Crippen molar-refractivity contribution in [1.82, 2.24) is 0 Å². The molecular formula is C38H38I2O4S. The van der Waals surface area contributed by atoms with Crippen molar-refractivity contribution in [1.29, 1.82) is 0 Å². The van der Waals surface area contributed by atoms with Gasteiger partial charge >= 0.3 is 5.97 Å². The Bertz CT molecular complexity index is 1580. The SMILES string of the molecule is CC1(OC(=O)COc2c(I)cc(I)cc2COc2ccc([SH](c3ccccc3)c3ccccc3)cc2)C2CC3CC(C2)CC1C3. The molecule has 4 nitrogen and oxygen atoms in total. The van der Waals surface area contributed by atoms with Crippen molar-refractivity contribution in [2.24, 2.45) is 23.7 Å². The van der Waals surface area contributed by atoms with Gasteiger partial charge in [0.1, 0.15) is 23.7 Å². The van der Waals surface area contributed by atoms with Gasteiger partial charge in [-0.05, 0) is 183 Å². The molecule has 0 amide bonds. The topological polar surface area (TPSA) is 44.8 Å². The van der Waals surface area contributed by atoms with Crippen molar-refractivity contribution in [3.8, 4) is 11.5 Å². The Morgan fingerprint density at radius 3 is 1.89 bits per heavy atom. The highest BCUT2D eigenvalue weighted by Crippen LogP contribution is 2.59. The number of halogens is 2. The normalized spacial score (nSPS) is 25.1. The van der Waals surface area contributed by atoms with Gasteiger partial charge in [0.2, 0.25) is 0 Å². The van der Waals surface area contributed by atoms with Crippen LogP contribution in [0.4, 0.5) is 0 Å². The fraction of sp³-hybridized carbons (Fsp3) is 0.342. The van der Waals surface area contributed by atoms with E-state index in [-0.39, 0.29) is 18.2 Å². The molecule has 0 saturated heterocycles. The Morgan fingerprint density at radius 1 is 0.756 bits per heavy atom. The molecule has 4 aliphatic carbocycles. The van der Waals surface area contributed by atoms with Crippen molar-refractivity contribution in [3.63, 3.8) is 0 Å². The Hall–Kier alpha value is -2.24. The van der Waals surface area contributed by atoms with Gasteiger partial charge in [-0.15, -0.1) is 0 Å². The van der Waals surface area contributed by atoms with Gasteiger partial charge in [-0.2, -0.15) is 10.9 Å². The van der Waals surface area contributed by atoms with E-state index in [0.717, 1.165) is 30.3 Å². The molecule has 0 N–H and O–H groups in total. The van der Waals surface area contributed by atoms with E-state index in [1.54, 1.807) is 0 Å². The second-order valence-electron chi connectivity index (χ2n) is 12.9. The minimum absolute atomic E-state index is 0.0945. The highest BCUT2D eigenvalue weighted by Gasteiger charge is 2.57. The van der Waals surface area contributed by atoms with E-state index in [4.69, 9.17) is 14.2 Å². The molecule has 0 atom stereocenters. The third-order valence-electron chi connectivity index (χ3n) is 10.0. The van der Waals surface area contributed by atoms with Gasteiger partial charge in [0.15, 0.2) is 6.61 Å². The molecule has 7 heteroatoms. The number of carbonyl (C=O) groups is 1. The molecule has 0 aliphatic heterocycles. The first-order valence-corrected chi connectivity index (χ1v) is 19.3. The van der Waals surface area contributed by atoms with Crippen molar-refractivity contribution < 1.29 is 19.0 Å². The first-order valence-electron chi connectivity index (χ1n) is 15.8. The third kappa shape index (κ3) is 6.77. The van der Waals surface area contributed by atoms with Crippen LogP contribution in [-0.4, -0.2) is 18.2 Å². The van der Waals surface area contributed by atoms with Crippen molar-refractivity contribution in [2.45, 2.75) is 65.9 Å². The summed E-state index contributed by atoms with van der Waals surface area (Å²) >= 11 is 4.61. The smallest absolute Gasteiger partial charge is 0.344 e. The van der Waals surface area contributed by atoms with Crippen LogP contribution < -0.4 is 9.47 Å². The molecule has 0 heterocycles. The Balaban J connectivity index is 1.02. The quantitative estimate of drug-likeness (QED) is 0.0982. The average Bonchev–Trinajstić information content (AvgIpc) is 3.03. The molecule has 0 radical (unpaired) electrons. The zero-order valence-corrected chi connectivity index (χ0v) is 30.5. The lowest BCUT2D eigenvalue weighted by Gasteiger charge is -2.59. The van der Waals surface area contributed by atoms with Gasteiger partial charge in [0.05, 0.1) is 3.57 Å². The van der Waals surface area contributed by atoms with Crippen molar-refractivity contribution in [2.75, 3.05) is 6.61 Å². The number of esters is 1. The summed E-state index contributed by atoms with van der Waals surface area (Å²) in [6, 6.07) is 34.0. The molecule has 0 aromatic heterocycles. The number of benzene rings is 4. The molecule has 234 valence electrons. The van der Waals surface area contributed by atoms with Crippen LogP contribution in [-0.2, 0) is 16.1 Å². The summed E-state index contributed by atoms with van der Waals surface area (Å²) < 4.78 is 20.8. The van der Waals surface area contributed by atoms with Crippen LogP contribution in [0, 0.1) is 30.8 Å². The summed E-state index contributed by atoms with van der Waals surface area (Å²) in [6.07, 6.45) is 6.19. The molecule has 8 rings (SSSR count). The standard InChI is InChI=1S/C38H38I2O4S/c1-38(28-17-25-16-26(19-28)20-29(38)18-25)44-36(41)24-43-37-27(21-30(39)22-35(37)40)23-42-31-12-14-34(15-13-31)45(32-8-4-2-5-9-32)33-10-6-3-7-11-33/h2-15,21-22,25-26,28-29,45H,16-20,23-24H2,1H3. The van der Waals surface area contributed by atoms with E-state index in [0.29, 0.717) is 24.2 Å². The highest BCUT2D eigenvalue weighted by atomic mass is 127. The summed E-state index contributed by atoms with van der Waals surface area (Å²) in [5, 5.41) is 0. The van der Waals surface area contributed by atoms with Gasteiger partial charge in [-0.25, -0.2) is 4.79 Å². The molecule has 4 aromatic rings. The second kappa shape index (κ2) is 13.5. The summed E-state index contributed by atoms with van der Waals surface area (Å²) in [5.41, 5.74) is 0.562. The Morgan fingerprint density at radius 2 is 1.31 bits per heavy atom. The van der Waals surface area contributed by atoms with E-state index < -0.39 is 10.9 Å². The van der Waals surface area contributed by atoms with Crippen LogP contribution in [0.1, 0.15) is 44.6 Å². The van der Waals surface area contributed by atoms with Gasteiger partial charge < -0.3 is 14.2 Å². The number of hydrogen-bond acceptors (Lipinski definition) is 4. The lowest BCUT2D eigenvalue weighted by Crippen LogP contribution is -2.58. The average molecular weight is 845 g/mol. The summed E-state index contributed by atoms with van der Waals surface area (Å²) in [6.45, 7) is 2.43. The van der Waals surface area contributed by atoms with E-state index in [2.05, 4.69) is 149 Å². The lowest BCUT2D eigenvalue weighted by atomic mass is 9.50. The molecule has 0 unspecified atom stereocenters. The maximum Gasteiger partial charge on any atom is 0.344 e. The van der Waals surface area contributed by atoms with Gasteiger partial charge in [-0.1, -0.05) is 36.4 Å². The van der Waals surface area contributed by atoms with E-state index >= 15 is 0 Å². The maximum absolute atomic E-state index is 13.2. The van der Waals surface area contributed by atoms with Crippen LogP contribution in [0.3, 0.4) is 0 Å². The number of rotatable bonds is 10. The van der Waals surface area contributed by atoms with Crippen molar-refractivity contribution >= 4 is 62.0 Å². The number of hydrogen-bond donors (Lipinski definition) is 1.